The first-order valence-electron chi connectivity index (χ1n) is 7.83. The lowest BCUT2D eigenvalue weighted by Crippen LogP contribution is -2.51. The van der Waals surface area contributed by atoms with E-state index in [1.165, 1.54) is 7.05 Å². The number of hydrogen-bond acceptors (Lipinski definition) is 7. The molecule has 0 spiro atoms. The van der Waals surface area contributed by atoms with Crippen LogP contribution in [0.2, 0.25) is 0 Å². The third-order valence-electron chi connectivity index (χ3n) is 3.89. The normalized spacial score (nSPS) is 15.7. The first-order chi connectivity index (χ1) is 11.3. The van der Waals surface area contributed by atoms with E-state index in [2.05, 4.69) is 20.4 Å². The van der Waals surface area contributed by atoms with E-state index in [0.717, 1.165) is 28.7 Å². The molecule has 2 heterocycles. The Morgan fingerprint density at radius 1 is 1.25 bits per heavy atom. The number of anilines is 2. The van der Waals surface area contributed by atoms with Crippen LogP contribution in [0.1, 0.15) is 6.92 Å². The highest BCUT2D eigenvalue weighted by Crippen LogP contribution is 2.14. The second-order valence-electron chi connectivity index (χ2n) is 5.69. The minimum absolute atomic E-state index is 0.129. The van der Waals surface area contributed by atoms with Crippen LogP contribution in [0.15, 0.2) is 12.1 Å². The maximum atomic E-state index is 12.2. The predicted octanol–water partition coefficient (Wildman–Crippen LogP) is -0.552. The summed E-state index contributed by atoms with van der Waals surface area (Å²) in [4.78, 5) is 15.9. The maximum absolute atomic E-state index is 12.2. The van der Waals surface area contributed by atoms with Crippen LogP contribution in [0, 0.1) is 0 Å². The number of likely N-dealkylation sites (N-methyl/N-ethyl adjacent to an activating group) is 1. The fraction of sp³-hybridized carbons (Fsp3) is 0.643. The Bertz CT molecular complexity index is 656. The largest absolute Gasteiger partial charge is 0.369 e. The predicted molar refractivity (Wildman–Crippen MR) is 92.5 cm³/mol. The maximum Gasteiger partial charge on any atom is 0.238 e. The van der Waals surface area contributed by atoms with Crippen molar-refractivity contribution in [1.82, 2.24) is 19.4 Å². The summed E-state index contributed by atoms with van der Waals surface area (Å²) in [5.74, 6) is 1.33. The van der Waals surface area contributed by atoms with Gasteiger partial charge in [0.1, 0.15) is 5.82 Å². The highest BCUT2D eigenvalue weighted by molar-refractivity contribution is 7.88. The fourth-order valence-electron chi connectivity index (χ4n) is 2.36. The number of rotatable bonds is 6. The van der Waals surface area contributed by atoms with Crippen LogP contribution >= 0.6 is 0 Å². The Balaban J connectivity index is 1.87. The molecule has 0 bridgehead atoms. The van der Waals surface area contributed by atoms with E-state index in [-0.39, 0.29) is 12.5 Å². The summed E-state index contributed by atoms with van der Waals surface area (Å²) in [5, 5.41) is 11.4. The number of amides is 1. The van der Waals surface area contributed by atoms with Crippen LogP contribution in [0.3, 0.4) is 0 Å². The topological polar surface area (TPSA) is 98.7 Å². The van der Waals surface area contributed by atoms with Crippen LogP contribution in [0.25, 0.3) is 0 Å². The molecular weight excluding hydrogens is 332 g/mol. The highest BCUT2D eigenvalue weighted by Gasteiger charge is 2.24. The smallest absolute Gasteiger partial charge is 0.238 e. The molecule has 1 N–H and O–H groups in total. The van der Waals surface area contributed by atoms with Crippen LogP contribution in [0.4, 0.5) is 11.6 Å². The van der Waals surface area contributed by atoms with Crippen molar-refractivity contribution in [1.29, 1.82) is 0 Å². The standard InChI is InChI=1S/C14H24N6O3S/c1-4-15-12-5-6-13(17-16-12)19-7-9-20(10-8-19)14(21)11-18(2)24(3,22)23/h5-6H,4,7-11H2,1-3H3,(H,15,16). The Morgan fingerprint density at radius 3 is 2.42 bits per heavy atom. The lowest BCUT2D eigenvalue weighted by Gasteiger charge is -2.35. The van der Waals surface area contributed by atoms with E-state index >= 15 is 0 Å². The zero-order valence-electron chi connectivity index (χ0n) is 14.3. The van der Waals surface area contributed by atoms with Gasteiger partial charge in [0.05, 0.1) is 12.8 Å². The quantitative estimate of drug-likeness (QED) is 0.730. The molecule has 0 saturated carbocycles. The number of hydrogen-bond donors (Lipinski definition) is 1. The summed E-state index contributed by atoms with van der Waals surface area (Å²) in [5.41, 5.74) is 0. The molecule has 134 valence electrons. The second-order valence-corrected chi connectivity index (χ2v) is 7.78. The zero-order valence-corrected chi connectivity index (χ0v) is 15.1. The van der Waals surface area contributed by atoms with Gasteiger partial charge in [0.2, 0.25) is 15.9 Å². The van der Waals surface area contributed by atoms with Gasteiger partial charge in [-0.25, -0.2) is 8.42 Å². The fourth-order valence-corrected chi connectivity index (χ4v) is 2.71. The molecule has 0 radical (unpaired) electrons. The van der Waals surface area contributed by atoms with Crippen molar-refractivity contribution in [2.45, 2.75) is 6.92 Å². The first-order valence-corrected chi connectivity index (χ1v) is 9.67. The van der Waals surface area contributed by atoms with Gasteiger partial charge < -0.3 is 15.1 Å². The van der Waals surface area contributed by atoms with Gasteiger partial charge in [0.25, 0.3) is 0 Å². The Morgan fingerprint density at radius 2 is 1.92 bits per heavy atom. The first kappa shape index (κ1) is 18.4. The summed E-state index contributed by atoms with van der Waals surface area (Å²) in [6, 6.07) is 3.78. The Labute approximate surface area is 142 Å². The van der Waals surface area contributed by atoms with E-state index in [0.29, 0.717) is 26.2 Å². The third kappa shape index (κ3) is 4.78. The molecule has 1 aliphatic rings. The summed E-state index contributed by atoms with van der Waals surface area (Å²) < 4.78 is 23.8. The second kappa shape index (κ2) is 7.75. The van der Waals surface area contributed by atoms with Crippen molar-refractivity contribution in [2.75, 3.05) is 62.8 Å². The van der Waals surface area contributed by atoms with Gasteiger partial charge in [-0.3, -0.25) is 4.79 Å². The average Bonchev–Trinajstić information content (AvgIpc) is 2.55. The molecule has 24 heavy (non-hydrogen) atoms. The third-order valence-corrected chi connectivity index (χ3v) is 5.15. The average molecular weight is 356 g/mol. The van der Waals surface area contributed by atoms with Crippen molar-refractivity contribution >= 4 is 27.6 Å². The highest BCUT2D eigenvalue weighted by atomic mass is 32.2. The van der Waals surface area contributed by atoms with Gasteiger partial charge in [-0.15, -0.1) is 10.2 Å². The van der Waals surface area contributed by atoms with E-state index in [1.54, 1.807) is 4.90 Å². The Kier molecular flexibility index (Phi) is 5.94. The number of carbonyl (C=O) groups excluding carboxylic acids is 1. The molecule has 0 atom stereocenters. The van der Waals surface area contributed by atoms with E-state index in [4.69, 9.17) is 0 Å². The van der Waals surface area contributed by atoms with Crippen molar-refractivity contribution in [2.24, 2.45) is 0 Å². The molecule has 10 heteroatoms. The lowest BCUT2D eigenvalue weighted by molar-refractivity contribution is -0.131. The number of nitrogens with zero attached hydrogens (tertiary/aromatic N) is 5. The molecule has 1 fully saturated rings. The van der Waals surface area contributed by atoms with Crippen LogP contribution < -0.4 is 10.2 Å². The van der Waals surface area contributed by atoms with Crippen molar-refractivity contribution in [3.05, 3.63) is 12.1 Å². The molecule has 0 unspecified atom stereocenters. The zero-order chi connectivity index (χ0) is 17.7. The van der Waals surface area contributed by atoms with Crippen LogP contribution in [0.5, 0.6) is 0 Å². The van der Waals surface area contributed by atoms with Gasteiger partial charge in [-0.05, 0) is 19.1 Å². The van der Waals surface area contributed by atoms with E-state index in [9.17, 15) is 13.2 Å². The summed E-state index contributed by atoms with van der Waals surface area (Å²) in [7, 11) is -1.94. The molecule has 1 saturated heterocycles. The molecule has 9 nitrogen and oxygen atoms in total. The van der Waals surface area contributed by atoms with Crippen LogP contribution in [-0.2, 0) is 14.8 Å². The monoisotopic (exact) mass is 356 g/mol. The lowest BCUT2D eigenvalue weighted by atomic mass is 10.3. The van der Waals surface area contributed by atoms with Gasteiger partial charge in [-0.1, -0.05) is 0 Å². The molecule has 2 rings (SSSR count). The van der Waals surface area contributed by atoms with E-state index < -0.39 is 10.0 Å². The van der Waals surface area contributed by atoms with Gasteiger partial charge in [0, 0.05) is 39.8 Å². The van der Waals surface area contributed by atoms with Crippen LogP contribution in [-0.4, -0.2) is 86.3 Å². The van der Waals surface area contributed by atoms with Gasteiger partial charge in [-0.2, -0.15) is 4.31 Å². The molecule has 0 aromatic carbocycles. The number of piperazine rings is 1. The minimum atomic E-state index is -3.35. The molecular formula is C14H24N6O3S. The molecule has 1 amide bonds. The SMILES string of the molecule is CCNc1ccc(N2CCN(C(=O)CN(C)S(C)(=O)=O)CC2)nn1. The van der Waals surface area contributed by atoms with E-state index in [1.807, 2.05) is 19.1 Å². The van der Waals surface area contributed by atoms with Gasteiger partial charge in [0.15, 0.2) is 5.82 Å². The Hall–Kier alpha value is -1.94. The summed E-state index contributed by atoms with van der Waals surface area (Å²) >= 11 is 0. The number of aromatic nitrogens is 2. The van der Waals surface area contributed by atoms with Gasteiger partial charge >= 0.3 is 0 Å². The summed E-state index contributed by atoms with van der Waals surface area (Å²) in [6.45, 7) is 5.01. The minimum Gasteiger partial charge on any atom is -0.369 e. The van der Waals surface area contributed by atoms with Crippen molar-refractivity contribution in [3.63, 3.8) is 0 Å². The molecule has 1 aromatic rings. The summed E-state index contributed by atoms with van der Waals surface area (Å²) in [6.07, 6.45) is 1.09. The number of carbonyl (C=O) groups is 1. The number of nitrogens with one attached hydrogen (secondary N) is 1. The van der Waals surface area contributed by atoms with Crippen molar-refractivity contribution < 1.29 is 13.2 Å². The number of sulfonamides is 1. The van der Waals surface area contributed by atoms with Crippen molar-refractivity contribution in [3.8, 4) is 0 Å². The molecule has 0 aliphatic carbocycles. The molecule has 1 aromatic heterocycles. The molecule has 1 aliphatic heterocycles.